The molecule has 0 amide bonds. The molecule has 0 saturated carbocycles. The van der Waals surface area contributed by atoms with E-state index in [1.165, 1.54) is 0 Å². The number of aromatic nitrogens is 1. The molecule has 2 N–H and O–H groups in total. The highest BCUT2D eigenvalue weighted by Gasteiger charge is 2.10. The number of benzene rings is 1. The second kappa shape index (κ2) is 3.55. The molecule has 0 bridgehead atoms. The molecular weight excluding hydrogens is 258 g/mol. The third kappa shape index (κ3) is 1.80. The molecule has 0 unspecified atom stereocenters. The summed E-state index contributed by atoms with van der Waals surface area (Å²) in [5.41, 5.74) is 1.51. The van der Waals surface area contributed by atoms with Gasteiger partial charge in [-0.2, -0.15) is 0 Å². The zero-order chi connectivity index (χ0) is 11.0. The van der Waals surface area contributed by atoms with Crippen LogP contribution in [-0.4, -0.2) is 16.1 Å². The number of aliphatic carboxylic acids is 1. The third-order valence-corrected chi connectivity index (χ3v) is 2.66. The van der Waals surface area contributed by atoms with Crippen molar-refractivity contribution in [2.45, 2.75) is 0 Å². The number of nitrogens with one attached hydrogen (secondary N) is 1. The first kappa shape index (κ1) is 9.98. The van der Waals surface area contributed by atoms with Gasteiger partial charge in [0.25, 0.3) is 0 Å². The first-order valence-corrected chi connectivity index (χ1v) is 5.08. The number of hydrogen-bond acceptors (Lipinski definition) is 1. The van der Waals surface area contributed by atoms with Crippen molar-refractivity contribution in [2.24, 2.45) is 0 Å². The van der Waals surface area contributed by atoms with Crippen LogP contribution in [0.4, 0.5) is 0 Å². The fourth-order valence-electron chi connectivity index (χ4n) is 1.38. The molecule has 0 radical (unpaired) electrons. The maximum absolute atomic E-state index is 10.7. The van der Waals surface area contributed by atoms with E-state index in [0.29, 0.717) is 5.69 Å². The van der Waals surface area contributed by atoms with E-state index in [-0.39, 0.29) is 5.57 Å². The maximum Gasteiger partial charge on any atom is 0.337 e. The number of aromatic amines is 1. The van der Waals surface area contributed by atoms with Gasteiger partial charge in [-0.25, -0.2) is 4.79 Å². The minimum Gasteiger partial charge on any atom is -0.478 e. The molecule has 0 aliphatic heterocycles. The standard InChI is InChI=1S/C11H8BrNO2/c1-6(11(14)15)10-5-7-4-8(12)2-3-9(7)13-10/h2-5,13H,1H2,(H,14,15). The van der Waals surface area contributed by atoms with Crippen molar-refractivity contribution in [2.75, 3.05) is 0 Å². The van der Waals surface area contributed by atoms with Gasteiger partial charge in [0.2, 0.25) is 0 Å². The predicted octanol–water partition coefficient (Wildman–Crippen LogP) is 3.03. The van der Waals surface area contributed by atoms with Crippen LogP contribution in [0.25, 0.3) is 16.5 Å². The zero-order valence-corrected chi connectivity index (χ0v) is 9.34. The molecular formula is C11H8BrNO2. The van der Waals surface area contributed by atoms with Crippen LogP contribution >= 0.6 is 15.9 Å². The van der Waals surface area contributed by atoms with Gasteiger partial charge in [0.15, 0.2) is 0 Å². The molecule has 3 nitrogen and oxygen atoms in total. The minimum atomic E-state index is -1.01. The highest BCUT2D eigenvalue weighted by molar-refractivity contribution is 9.10. The smallest absolute Gasteiger partial charge is 0.337 e. The summed E-state index contributed by atoms with van der Waals surface area (Å²) in [6, 6.07) is 7.48. The van der Waals surface area contributed by atoms with Crippen molar-refractivity contribution >= 4 is 38.4 Å². The van der Waals surface area contributed by atoms with E-state index in [9.17, 15) is 4.79 Å². The van der Waals surface area contributed by atoms with Crippen molar-refractivity contribution in [3.63, 3.8) is 0 Å². The van der Waals surface area contributed by atoms with E-state index in [1.807, 2.05) is 18.2 Å². The number of fused-ring (bicyclic) bond motifs is 1. The SMILES string of the molecule is C=C(C(=O)O)c1cc2cc(Br)ccc2[nH]1. The second-order valence-corrected chi connectivity index (χ2v) is 4.11. The molecule has 0 atom stereocenters. The molecule has 0 spiro atoms. The summed E-state index contributed by atoms with van der Waals surface area (Å²) in [5.74, 6) is -1.01. The van der Waals surface area contributed by atoms with Crippen LogP contribution in [0.5, 0.6) is 0 Å². The van der Waals surface area contributed by atoms with E-state index >= 15 is 0 Å². The van der Waals surface area contributed by atoms with Gasteiger partial charge in [0, 0.05) is 15.4 Å². The Morgan fingerprint density at radius 2 is 2.13 bits per heavy atom. The van der Waals surface area contributed by atoms with E-state index in [0.717, 1.165) is 15.4 Å². The van der Waals surface area contributed by atoms with Crippen LogP contribution in [0, 0.1) is 0 Å². The van der Waals surface area contributed by atoms with Crippen molar-refractivity contribution in [1.82, 2.24) is 4.98 Å². The number of carbonyl (C=O) groups is 1. The van der Waals surface area contributed by atoms with E-state index in [4.69, 9.17) is 5.11 Å². The first-order chi connectivity index (χ1) is 7.08. The Morgan fingerprint density at radius 1 is 1.40 bits per heavy atom. The molecule has 1 aromatic heterocycles. The Hall–Kier alpha value is -1.55. The molecule has 0 aliphatic rings. The first-order valence-electron chi connectivity index (χ1n) is 4.29. The number of hydrogen-bond donors (Lipinski definition) is 2. The second-order valence-electron chi connectivity index (χ2n) is 3.20. The van der Waals surface area contributed by atoms with Crippen LogP contribution in [0.3, 0.4) is 0 Å². The monoisotopic (exact) mass is 265 g/mol. The Balaban J connectivity index is 2.56. The number of H-pyrrole nitrogens is 1. The maximum atomic E-state index is 10.7. The van der Waals surface area contributed by atoms with Crippen LogP contribution < -0.4 is 0 Å². The van der Waals surface area contributed by atoms with E-state index < -0.39 is 5.97 Å². The predicted molar refractivity (Wildman–Crippen MR) is 62.7 cm³/mol. The molecule has 1 aromatic carbocycles. The molecule has 2 aromatic rings. The molecule has 0 saturated heterocycles. The fraction of sp³-hybridized carbons (Fsp3) is 0. The molecule has 15 heavy (non-hydrogen) atoms. The largest absolute Gasteiger partial charge is 0.478 e. The van der Waals surface area contributed by atoms with Gasteiger partial charge in [-0.1, -0.05) is 22.5 Å². The van der Waals surface area contributed by atoms with Gasteiger partial charge < -0.3 is 10.1 Å². The lowest BCUT2D eigenvalue weighted by Gasteiger charge is -1.93. The number of rotatable bonds is 2. The Labute approximate surface area is 94.6 Å². The number of carboxylic acids is 1. The topological polar surface area (TPSA) is 53.1 Å². The van der Waals surface area contributed by atoms with Gasteiger partial charge in [-0.15, -0.1) is 0 Å². The Morgan fingerprint density at radius 3 is 2.80 bits per heavy atom. The highest BCUT2D eigenvalue weighted by atomic mass is 79.9. The lowest BCUT2D eigenvalue weighted by atomic mass is 10.2. The third-order valence-electron chi connectivity index (χ3n) is 2.17. The van der Waals surface area contributed by atoms with Crippen LogP contribution in [0.15, 0.2) is 35.3 Å². The molecule has 4 heteroatoms. The summed E-state index contributed by atoms with van der Waals surface area (Å²) < 4.78 is 0.960. The Bertz CT molecular complexity index is 557. The van der Waals surface area contributed by atoms with Gasteiger partial charge in [-0.3, -0.25) is 0 Å². The highest BCUT2D eigenvalue weighted by Crippen LogP contribution is 2.23. The molecule has 1 heterocycles. The normalized spacial score (nSPS) is 10.5. The van der Waals surface area contributed by atoms with E-state index in [1.54, 1.807) is 6.07 Å². The summed E-state index contributed by atoms with van der Waals surface area (Å²) in [6.07, 6.45) is 0. The number of halogens is 1. The minimum absolute atomic E-state index is 0.0716. The van der Waals surface area contributed by atoms with Crippen molar-refractivity contribution in [3.05, 3.63) is 41.0 Å². The lowest BCUT2D eigenvalue weighted by Crippen LogP contribution is -1.97. The van der Waals surface area contributed by atoms with Gasteiger partial charge >= 0.3 is 5.97 Å². The fourth-order valence-corrected chi connectivity index (χ4v) is 1.76. The van der Waals surface area contributed by atoms with Crippen molar-refractivity contribution < 1.29 is 9.90 Å². The van der Waals surface area contributed by atoms with Crippen molar-refractivity contribution in [1.29, 1.82) is 0 Å². The molecule has 76 valence electrons. The average molecular weight is 266 g/mol. The zero-order valence-electron chi connectivity index (χ0n) is 7.75. The summed E-state index contributed by atoms with van der Waals surface area (Å²) in [5, 5.41) is 9.75. The Kier molecular flexibility index (Phi) is 2.36. The van der Waals surface area contributed by atoms with Crippen LogP contribution in [0.2, 0.25) is 0 Å². The molecule has 0 fully saturated rings. The van der Waals surface area contributed by atoms with Gasteiger partial charge in [0.05, 0.1) is 11.3 Å². The number of carboxylic acid groups (broad SMARTS) is 1. The van der Waals surface area contributed by atoms with Gasteiger partial charge in [0.1, 0.15) is 0 Å². The lowest BCUT2D eigenvalue weighted by molar-refractivity contribution is -0.130. The summed E-state index contributed by atoms with van der Waals surface area (Å²) in [6.45, 7) is 3.50. The molecule has 0 aliphatic carbocycles. The summed E-state index contributed by atoms with van der Waals surface area (Å²) in [7, 11) is 0. The summed E-state index contributed by atoms with van der Waals surface area (Å²) >= 11 is 3.35. The molecule has 2 rings (SSSR count). The van der Waals surface area contributed by atoms with Gasteiger partial charge in [-0.05, 0) is 24.3 Å². The average Bonchev–Trinajstić information content (AvgIpc) is 2.58. The quantitative estimate of drug-likeness (QED) is 0.821. The summed E-state index contributed by atoms with van der Waals surface area (Å²) in [4.78, 5) is 13.7. The van der Waals surface area contributed by atoms with Crippen molar-refractivity contribution in [3.8, 4) is 0 Å². The van der Waals surface area contributed by atoms with E-state index in [2.05, 4.69) is 27.5 Å². The van der Waals surface area contributed by atoms with Crippen LogP contribution in [0.1, 0.15) is 5.69 Å². The van der Waals surface area contributed by atoms with Crippen LogP contribution in [-0.2, 0) is 4.79 Å².